The summed E-state index contributed by atoms with van der Waals surface area (Å²) in [5.74, 6) is 0.789. The number of carbonyl (C=O) groups is 2. The van der Waals surface area contributed by atoms with Crippen LogP contribution in [0, 0.1) is 11.8 Å². The number of rotatable bonds is 3. The van der Waals surface area contributed by atoms with Crippen LogP contribution in [0.1, 0.15) is 56.3 Å². The second-order valence-electron chi connectivity index (χ2n) is 9.57. The van der Waals surface area contributed by atoms with Gasteiger partial charge in [0.1, 0.15) is 12.4 Å². The summed E-state index contributed by atoms with van der Waals surface area (Å²) in [6.07, 6.45) is 5.26. The summed E-state index contributed by atoms with van der Waals surface area (Å²) in [4.78, 5) is 29.9. The molecule has 1 heterocycles. The van der Waals surface area contributed by atoms with Gasteiger partial charge >= 0.3 is 0 Å². The first-order valence-electron chi connectivity index (χ1n) is 11.9. The van der Waals surface area contributed by atoms with Gasteiger partial charge in [0.25, 0.3) is 5.91 Å². The molecule has 1 aliphatic heterocycles. The van der Waals surface area contributed by atoms with E-state index < -0.39 is 0 Å². The number of likely N-dealkylation sites (N-methyl/N-ethyl adjacent to an activating group) is 2. The predicted molar refractivity (Wildman–Crippen MR) is 126 cm³/mol. The Bertz CT molecular complexity index is 793. The number of hydrogen-bond donors (Lipinski definition) is 1. The molecule has 0 radical (unpaired) electrons. The number of hydrogen-bond acceptors (Lipinski definition) is 5. The fourth-order valence-electron chi connectivity index (χ4n) is 4.64. The molecule has 7 heteroatoms. The molecule has 1 N–H and O–H groups in total. The second kappa shape index (κ2) is 11.1. The van der Waals surface area contributed by atoms with Crippen LogP contribution < -0.4 is 10.1 Å². The lowest BCUT2D eigenvalue weighted by Gasteiger charge is -2.34. The smallest absolute Gasteiger partial charge is 0.257 e. The van der Waals surface area contributed by atoms with Crippen molar-refractivity contribution in [3.8, 4) is 5.75 Å². The largest absolute Gasteiger partial charge is 0.491 e. The number of benzene rings is 1. The summed E-state index contributed by atoms with van der Waals surface area (Å²) >= 11 is 0. The maximum atomic E-state index is 13.2. The Labute approximate surface area is 192 Å². The molecule has 3 atom stereocenters. The van der Waals surface area contributed by atoms with Crippen molar-refractivity contribution in [2.45, 2.75) is 58.1 Å². The zero-order valence-corrected chi connectivity index (χ0v) is 20.2. The molecule has 1 fully saturated rings. The zero-order valence-electron chi connectivity index (χ0n) is 20.2. The zero-order chi connectivity index (χ0) is 23.3. The maximum Gasteiger partial charge on any atom is 0.257 e. The maximum absolute atomic E-state index is 13.2. The van der Waals surface area contributed by atoms with Gasteiger partial charge < -0.3 is 19.7 Å². The van der Waals surface area contributed by atoms with Crippen LogP contribution in [-0.4, -0.2) is 74.7 Å². The van der Waals surface area contributed by atoms with Gasteiger partial charge in [-0.1, -0.05) is 26.2 Å². The third-order valence-electron chi connectivity index (χ3n) is 7.00. The van der Waals surface area contributed by atoms with E-state index in [4.69, 9.17) is 9.47 Å². The number of methoxy groups -OCH3 is 1. The third kappa shape index (κ3) is 6.01. The highest BCUT2D eigenvalue weighted by Crippen LogP contribution is 2.29. The molecular weight excluding hydrogens is 406 g/mol. The number of fused-ring (bicyclic) bond motifs is 1. The van der Waals surface area contributed by atoms with E-state index in [0.717, 1.165) is 32.2 Å². The summed E-state index contributed by atoms with van der Waals surface area (Å²) in [5, 5.41) is 3.04. The first-order valence-corrected chi connectivity index (χ1v) is 11.9. The number of nitrogens with zero attached hydrogens (tertiary/aromatic N) is 2. The van der Waals surface area contributed by atoms with E-state index in [2.05, 4.69) is 31.1 Å². The van der Waals surface area contributed by atoms with E-state index in [-0.39, 0.29) is 35.8 Å². The molecule has 0 aromatic heterocycles. The van der Waals surface area contributed by atoms with Crippen LogP contribution in [0.5, 0.6) is 5.75 Å². The SMILES string of the molecule is CO[C@@H]1CN(C)C(=O)c2ccc(NC(=O)C3CCCCC3)cc2OC[C@@H](C)N(C)C[C@H]1C. The summed E-state index contributed by atoms with van der Waals surface area (Å²) in [5.41, 5.74) is 1.17. The Hall–Kier alpha value is -2.12. The van der Waals surface area contributed by atoms with Gasteiger partial charge in [-0.25, -0.2) is 0 Å². The molecule has 1 aliphatic carbocycles. The van der Waals surface area contributed by atoms with Gasteiger partial charge in [-0.05, 0) is 44.9 Å². The first kappa shape index (κ1) is 24.5. The molecule has 7 nitrogen and oxygen atoms in total. The highest BCUT2D eigenvalue weighted by molar-refractivity contribution is 5.98. The number of ether oxygens (including phenoxy) is 2. The van der Waals surface area contributed by atoms with E-state index in [1.807, 2.05) is 0 Å². The molecule has 1 aromatic carbocycles. The minimum Gasteiger partial charge on any atom is -0.491 e. The fraction of sp³-hybridized carbons (Fsp3) is 0.680. The van der Waals surface area contributed by atoms with Crippen LogP contribution in [0.15, 0.2) is 18.2 Å². The molecular formula is C25H39N3O4. The van der Waals surface area contributed by atoms with Crippen molar-refractivity contribution < 1.29 is 19.1 Å². The van der Waals surface area contributed by atoms with Gasteiger partial charge in [-0.3, -0.25) is 14.5 Å². The van der Waals surface area contributed by atoms with E-state index in [0.29, 0.717) is 30.2 Å². The Morgan fingerprint density at radius 3 is 2.53 bits per heavy atom. The summed E-state index contributed by atoms with van der Waals surface area (Å²) < 4.78 is 11.9. The van der Waals surface area contributed by atoms with Crippen LogP contribution >= 0.6 is 0 Å². The van der Waals surface area contributed by atoms with Gasteiger partial charge in [-0.15, -0.1) is 0 Å². The topological polar surface area (TPSA) is 71.1 Å². The molecule has 0 bridgehead atoms. The third-order valence-corrected chi connectivity index (χ3v) is 7.00. The molecule has 3 rings (SSSR count). The van der Waals surface area contributed by atoms with E-state index in [1.54, 1.807) is 37.3 Å². The number of carbonyl (C=O) groups excluding carboxylic acids is 2. The van der Waals surface area contributed by atoms with Crippen molar-refractivity contribution in [2.75, 3.05) is 46.2 Å². The summed E-state index contributed by atoms with van der Waals surface area (Å²) in [6.45, 7) is 6.05. The molecule has 2 aliphatic rings. The van der Waals surface area contributed by atoms with Crippen LogP contribution in [0.4, 0.5) is 5.69 Å². The average Bonchev–Trinajstić information content (AvgIpc) is 2.80. The lowest BCUT2D eigenvalue weighted by atomic mass is 9.88. The molecule has 178 valence electrons. The molecule has 0 saturated heterocycles. The Morgan fingerprint density at radius 2 is 1.84 bits per heavy atom. The summed E-state index contributed by atoms with van der Waals surface area (Å²) in [6, 6.07) is 5.51. The van der Waals surface area contributed by atoms with Crippen LogP contribution in [-0.2, 0) is 9.53 Å². The Kier molecular flexibility index (Phi) is 8.54. The van der Waals surface area contributed by atoms with E-state index in [1.165, 1.54) is 6.42 Å². The predicted octanol–water partition coefficient (Wildman–Crippen LogP) is 3.64. The van der Waals surface area contributed by atoms with E-state index >= 15 is 0 Å². The molecule has 0 unspecified atom stereocenters. The van der Waals surface area contributed by atoms with Crippen LogP contribution in [0.25, 0.3) is 0 Å². The van der Waals surface area contributed by atoms with Crippen molar-refractivity contribution in [3.63, 3.8) is 0 Å². The average molecular weight is 446 g/mol. The van der Waals surface area contributed by atoms with Crippen molar-refractivity contribution in [2.24, 2.45) is 11.8 Å². The molecule has 0 spiro atoms. The summed E-state index contributed by atoms with van der Waals surface area (Å²) in [7, 11) is 5.58. The Balaban J connectivity index is 1.84. The number of amides is 2. The molecule has 32 heavy (non-hydrogen) atoms. The number of anilines is 1. The van der Waals surface area contributed by atoms with Gasteiger partial charge in [0.2, 0.25) is 5.91 Å². The molecule has 1 saturated carbocycles. The van der Waals surface area contributed by atoms with Crippen molar-refractivity contribution in [1.82, 2.24) is 9.80 Å². The van der Waals surface area contributed by atoms with Gasteiger partial charge in [0.15, 0.2) is 0 Å². The van der Waals surface area contributed by atoms with Gasteiger partial charge in [0.05, 0.1) is 11.7 Å². The van der Waals surface area contributed by atoms with Gasteiger partial charge in [0, 0.05) is 51.0 Å². The van der Waals surface area contributed by atoms with Crippen molar-refractivity contribution >= 4 is 17.5 Å². The van der Waals surface area contributed by atoms with Crippen LogP contribution in [0.3, 0.4) is 0 Å². The molecule has 1 aromatic rings. The number of nitrogens with one attached hydrogen (secondary N) is 1. The lowest BCUT2D eigenvalue weighted by Crippen LogP contribution is -2.45. The second-order valence-corrected chi connectivity index (χ2v) is 9.57. The minimum atomic E-state index is -0.110. The normalized spacial score (nSPS) is 26.5. The monoisotopic (exact) mass is 445 g/mol. The highest BCUT2D eigenvalue weighted by Gasteiger charge is 2.27. The quantitative estimate of drug-likeness (QED) is 0.769. The molecule has 2 amide bonds. The first-order chi connectivity index (χ1) is 15.3. The standard InChI is InChI=1S/C25H39N3O4/c1-17-14-27(3)18(2)16-32-22-13-20(26-24(29)19-9-7-6-8-10-19)11-12-21(22)25(30)28(4)15-23(17)31-5/h11-13,17-19,23H,6-10,14-16H2,1-5H3,(H,26,29)/t17-,18-,23-/m1/s1. The van der Waals surface area contributed by atoms with Crippen molar-refractivity contribution in [3.05, 3.63) is 23.8 Å². The lowest BCUT2D eigenvalue weighted by molar-refractivity contribution is -0.120. The van der Waals surface area contributed by atoms with Crippen LogP contribution in [0.2, 0.25) is 0 Å². The Morgan fingerprint density at radius 1 is 1.12 bits per heavy atom. The van der Waals surface area contributed by atoms with E-state index in [9.17, 15) is 9.59 Å². The van der Waals surface area contributed by atoms with Gasteiger partial charge in [-0.2, -0.15) is 0 Å². The highest BCUT2D eigenvalue weighted by atomic mass is 16.5. The van der Waals surface area contributed by atoms with Crippen molar-refractivity contribution in [1.29, 1.82) is 0 Å². The fourth-order valence-corrected chi connectivity index (χ4v) is 4.64. The minimum absolute atomic E-state index is 0.0588.